The van der Waals surface area contributed by atoms with Crippen LogP contribution in [-0.4, -0.2) is 22.9 Å². The molecule has 0 spiro atoms. The molecule has 2 aromatic carbocycles. The highest BCUT2D eigenvalue weighted by Crippen LogP contribution is 2.26. The summed E-state index contributed by atoms with van der Waals surface area (Å²) in [7, 11) is 0. The Balaban J connectivity index is 2.13. The van der Waals surface area contributed by atoms with Gasteiger partial charge in [0.1, 0.15) is 5.56 Å². The minimum absolute atomic E-state index is 0.0923. The number of halogens is 3. The molecule has 0 aliphatic rings. The van der Waals surface area contributed by atoms with Crippen LogP contribution >= 0.6 is 34.8 Å². The molecule has 0 bridgehead atoms. The molecule has 0 saturated carbocycles. The van der Waals surface area contributed by atoms with Gasteiger partial charge in [0, 0.05) is 16.1 Å². The fraction of sp³-hybridized carbons (Fsp3) is 0.125. The van der Waals surface area contributed by atoms with E-state index in [4.69, 9.17) is 39.5 Å². The fourth-order valence-electron chi connectivity index (χ4n) is 1.93. The van der Waals surface area contributed by atoms with Crippen LogP contribution in [0.2, 0.25) is 15.1 Å². The molecule has 0 aliphatic carbocycles. The van der Waals surface area contributed by atoms with E-state index in [0.717, 1.165) is 12.1 Å². The Morgan fingerprint density at radius 3 is 2.38 bits per heavy atom. The number of nitrogens with one attached hydrogen (secondary N) is 1. The van der Waals surface area contributed by atoms with Crippen molar-refractivity contribution in [2.45, 2.75) is 13.0 Å². The summed E-state index contributed by atoms with van der Waals surface area (Å²) in [4.78, 5) is 34.6. The Hall–Kier alpha value is -2.35. The minimum atomic E-state index is -1.24. The SMILES string of the molecule is CC(OC(=O)c1ccc(Cl)cc1[N+](=O)[O-])C(=O)Nc1cc(Cl)ccc1Cl. The summed E-state index contributed by atoms with van der Waals surface area (Å²) in [5, 5.41) is 14.2. The molecule has 1 N–H and O–H groups in total. The molecular formula is C16H11Cl3N2O5. The Labute approximate surface area is 162 Å². The number of benzene rings is 2. The molecule has 2 aromatic rings. The van der Waals surface area contributed by atoms with Crippen molar-refractivity contribution in [1.29, 1.82) is 0 Å². The van der Waals surface area contributed by atoms with E-state index < -0.39 is 28.6 Å². The van der Waals surface area contributed by atoms with Crippen molar-refractivity contribution in [2.24, 2.45) is 0 Å². The molecule has 2 rings (SSSR count). The lowest BCUT2D eigenvalue weighted by Gasteiger charge is -2.14. The number of hydrogen-bond donors (Lipinski definition) is 1. The van der Waals surface area contributed by atoms with Gasteiger partial charge in [-0.3, -0.25) is 14.9 Å². The number of esters is 1. The quantitative estimate of drug-likeness (QED) is 0.430. The van der Waals surface area contributed by atoms with Crippen LogP contribution in [0.3, 0.4) is 0 Å². The molecule has 7 nitrogen and oxygen atoms in total. The van der Waals surface area contributed by atoms with Crippen LogP contribution in [0, 0.1) is 10.1 Å². The van der Waals surface area contributed by atoms with E-state index in [1.807, 2.05) is 0 Å². The van der Waals surface area contributed by atoms with E-state index in [0.29, 0.717) is 5.02 Å². The Bertz CT molecular complexity index is 888. The third-order valence-corrected chi connectivity index (χ3v) is 4.02. The van der Waals surface area contributed by atoms with Crippen molar-refractivity contribution in [3.05, 3.63) is 67.1 Å². The number of nitro groups is 1. The van der Waals surface area contributed by atoms with E-state index in [2.05, 4.69) is 5.32 Å². The molecule has 26 heavy (non-hydrogen) atoms. The first-order valence-electron chi connectivity index (χ1n) is 7.10. The van der Waals surface area contributed by atoms with Gasteiger partial charge in [0.2, 0.25) is 0 Å². The van der Waals surface area contributed by atoms with E-state index in [-0.39, 0.29) is 21.3 Å². The van der Waals surface area contributed by atoms with Gasteiger partial charge in [-0.1, -0.05) is 34.8 Å². The smallest absolute Gasteiger partial charge is 0.345 e. The average molecular weight is 418 g/mol. The zero-order valence-corrected chi connectivity index (χ0v) is 15.4. The summed E-state index contributed by atoms with van der Waals surface area (Å²) in [6.07, 6.45) is -1.24. The number of nitro benzene ring substituents is 1. The molecule has 1 unspecified atom stereocenters. The van der Waals surface area contributed by atoms with Crippen LogP contribution in [0.1, 0.15) is 17.3 Å². The van der Waals surface area contributed by atoms with Crippen LogP contribution in [0.25, 0.3) is 0 Å². The van der Waals surface area contributed by atoms with Crippen molar-refractivity contribution < 1.29 is 19.2 Å². The molecule has 1 amide bonds. The van der Waals surface area contributed by atoms with Gasteiger partial charge in [-0.2, -0.15) is 0 Å². The Morgan fingerprint density at radius 2 is 1.73 bits per heavy atom. The molecular weight excluding hydrogens is 407 g/mol. The van der Waals surface area contributed by atoms with Crippen LogP contribution in [0.5, 0.6) is 0 Å². The number of hydrogen-bond acceptors (Lipinski definition) is 5. The number of ether oxygens (including phenoxy) is 1. The molecule has 0 saturated heterocycles. The molecule has 10 heteroatoms. The zero-order chi connectivity index (χ0) is 19.4. The molecule has 0 radical (unpaired) electrons. The van der Waals surface area contributed by atoms with Gasteiger partial charge >= 0.3 is 5.97 Å². The topological polar surface area (TPSA) is 98.5 Å². The first-order chi connectivity index (χ1) is 12.2. The highest BCUT2D eigenvalue weighted by atomic mass is 35.5. The van der Waals surface area contributed by atoms with E-state index in [1.54, 1.807) is 6.07 Å². The zero-order valence-electron chi connectivity index (χ0n) is 13.2. The Morgan fingerprint density at radius 1 is 1.12 bits per heavy atom. The van der Waals surface area contributed by atoms with Crippen LogP contribution in [-0.2, 0) is 9.53 Å². The van der Waals surface area contributed by atoms with E-state index in [9.17, 15) is 19.7 Å². The molecule has 0 heterocycles. The van der Waals surface area contributed by atoms with Crippen LogP contribution in [0.4, 0.5) is 11.4 Å². The molecule has 1 atom stereocenters. The molecule has 0 aromatic heterocycles. The third-order valence-electron chi connectivity index (χ3n) is 3.22. The molecule has 0 fully saturated rings. The van der Waals surface area contributed by atoms with Crippen molar-refractivity contribution in [2.75, 3.05) is 5.32 Å². The maximum Gasteiger partial charge on any atom is 0.345 e. The normalized spacial score (nSPS) is 11.5. The number of carbonyl (C=O) groups is 2. The van der Waals surface area contributed by atoms with Gasteiger partial charge in [-0.05, 0) is 37.3 Å². The summed E-state index contributed by atoms with van der Waals surface area (Å²) in [6, 6.07) is 7.95. The van der Waals surface area contributed by atoms with Gasteiger partial charge in [0.25, 0.3) is 11.6 Å². The summed E-state index contributed by atoms with van der Waals surface area (Å²) >= 11 is 17.5. The summed E-state index contributed by atoms with van der Waals surface area (Å²) < 4.78 is 5.00. The highest BCUT2D eigenvalue weighted by Gasteiger charge is 2.26. The monoisotopic (exact) mass is 416 g/mol. The molecule has 136 valence electrons. The maximum absolute atomic E-state index is 12.2. The van der Waals surface area contributed by atoms with Gasteiger partial charge in [-0.15, -0.1) is 0 Å². The summed E-state index contributed by atoms with van der Waals surface area (Å²) in [5.41, 5.74) is -0.600. The molecule has 0 aliphatic heterocycles. The van der Waals surface area contributed by atoms with Crippen LogP contribution < -0.4 is 5.32 Å². The second-order valence-electron chi connectivity index (χ2n) is 5.08. The number of rotatable bonds is 5. The first-order valence-corrected chi connectivity index (χ1v) is 8.23. The lowest BCUT2D eigenvalue weighted by atomic mass is 10.2. The number of anilines is 1. The lowest BCUT2D eigenvalue weighted by Crippen LogP contribution is -2.30. The minimum Gasteiger partial charge on any atom is -0.449 e. The largest absolute Gasteiger partial charge is 0.449 e. The van der Waals surface area contributed by atoms with E-state index >= 15 is 0 Å². The fourth-order valence-corrected chi connectivity index (χ4v) is 2.44. The maximum atomic E-state index is 12.2. The summed E-state index contributed by atoms with van der Waals surface area (Å²) in [6.45, 7) is 1.31. The van der Waals surface area contributed by atoms with Crippen molar-refractivity contribution in [3.63, 3.8) is 0 Å². The van der Waals surface area contributed by atoms with Gasteiger partial charge in [0.15, 0.2) is 6.10 Å². The average Bonchev–Trinajstić information content (AvgIpc) is 2.57. The van der Waals surface area contributed by atoms with Crippen molar-refractivity contribution >= 4 is 58.1 Å². The Kier molecular flexibility index (Phi) is 6.42. The first kappa shape index (κ1) is 20.0. The predicted octanol–water partition coefficient (Wildman–Crippen LogP) is 4.74. The lowest BCUT2D eigenvalue weighted by molar-refractivity contribution is -0.385. The van der Waals surface area contributed by atoms with E-state index in [1.165, 1.54) is 25.1 Å². The second kappa shape index (κ2) is 8.35. The number of nitrogens with zero attached hydrogens (tertiary/aromatic N) is 1. The predicted molar refractivity (Wildman–Crippen MR) is 98.1 cm³/mol. The van der Waals surface area contributed by atoms with Gasteiger partial charge in [0.05, 0.1) is 15.6 Å². The standard InChI is InChI=1S/C16H11Cl3N2O5/c1-8(15(22)20-13-6-9(17)3-5-12(13)19)26-16(23)11-4-2-10(18)7-14(11)21(24)25/h2-8H,1H3,(H,20,22). The number of amides is 1. The van der Waals surface area contributed by atoms with Gasteiger partial charge in [-0.25, -0.2) is 4.79 Å². The summed E-state index contributed by atoms with van der Waals surface area (Å²) in [5.74, 6) is -1.72. The number of carbonyl (C=O) groups excluding carboxylic acids is 2. The van der Waals surface area contributed by atoms with Gasteiger partial charge < -0.3 is 10.1 Å². The van der Waals surface area contributed by atoms with Crippen molar-refractivity contribution in [3.8, 4) is 0 Å². The second-order valence-corrected chi connectivity index (χ2v) is 6.36. The highest BCUT2D eigenvalue weighted by molar-refractivity contribution is 6.35. The third kappa shape index (κ3) is 4.85. The van der Waals surface area contributed by atoms with Crippen molar-refractivity contribution in [1.82, 2.24) is 0 Å². The van der Waals surface area contributed by atoms with Crippen LogP contribution in [0.15, 0.2) is 36.4 Å².